The lowest BCUT2D eigenvalue weighted by Crippen LogP contribution is -2.28. The van der Waals surface area contributed by atoms with Crippen molar-refractivity contribution in [2.75, 3.05) is 32.6 Å². The van der Waals surface area contributed by atoms with E-state index in [-0.39, 0.29) is 0 Å². The van der Waals surface area contributed by atoms with E-state index in [4.69, 9.17) is 9.47 Å². The fourth-order valence-electron chi connectivity index (χ4n) is 1.13. The van der Waals surface area contributed by atoms with Crippen molar-refractivity contribution >= 4 is 5.82 Å². The van der Waals surface area contributed by atoms with Crippen molar-refractivity contribution in [2.45, 2.75) is 6.92 Å². The Balaban J connectivity index is 2.71. The molecular weight excluding hydrogens is 180 g/mol. The third-order valence-corrected chi connectivity index (χ3v) is 1.79. The predicted molar refractivity (Wildman–Crippen MR) is 55.2 cm³/mol. The van der Waals surface area contributed by atoms with Crippen molar-refractivity contribution in [2.24, 2.45) is 0 Å². The summed E-state index contributed by atoms with van der Waals surface area (Å²) in [7, 11) is 3.30. The largest absolute Gasteiger partial charge is 0.364 e. The van der Waals surface area contributed by atoms with Crippen LogP contribution < -0.4 is 4.90 Å². The quantitative estimate of drug-likeness (QED) is 0.667. The van der Waals surface area contributed by atoms with E-state index < -0.39 is 0 Å². The summed E-state index contributed by atoms with van der Waals surface area (Å²) >= 11 is 0. The molecule has 0 atom stereocenters. The van der Waals surface area contributed by atoms with Crippen LogP contribution in [0.5, 0.6) is 0 Å². The topological polar surface area (TPSA) is 34.6 Å². The molecule has 0 aromatic carbocycles. The summed E-state index contributed by atoms with van der Waals surface area (Å²) in [4.78, 5) is 6.18. The summed E-state index contributed by atoms with van der Waals surface area (Å²) in [5.74, 6) is 0.860. The molecule has 0 aliphatic carbocycles. The van der Waals surface area contributed by atoms with Gasteiger partial charge in [0.25, 0.3) is 0 Å². The molecule has 1 aromatic rings. The Morgan fingerprint density at radius 2 is 1.86 bits per heavy atom. The number of aryl methyl sites for hydroxylation is 1. The molecule has 0 bridgehead atoms. The molecule has 1 heterocycles. The van der Waals surface area contributed by atoms with Gasteiger partial charge in [-0.15, -0.1) is 0 Å². The average molecular weight is 196 g/mol. The number of nitrogens with zero attached hydrogens (tertiary/aromatic N) is 2. The molecule has 1 aromatic heterocycles. The molecule has 0 saturated carbocycles. The molecule has 0 spiro atoms. The second-order valence-corrected chi connectivity index (χ2v) is 3.07. The Morgan fingerprint density at radius 1 is 1.21 bits per heavy atom. The second-order valence-electron chi connectivity index (χ2n) is 3.07. The van der Waals surface area contributed by atoms with Gasteiger partial charge in [-0.3, -0.25) is 0 Å². The Hall–Kier alpha value is -1.13. The molecule has 0 unspecified atom stereocenters. The van der Waals surface area contributed by atoms with E-state index in [1.165, 1.54) is 0 Å². The van der Waals surface area contributed by atoms with Crippen LogP contribution in [0.4, 0.5) is 5.82 Å². The first kappa shape index (κ1) is 10.9. The van der Waals surface area contributed by atoms with Gasteiger partial charge in [0, 0.05) is 20.4 Å². The number of methoxy groups -OCH3 is 2. The van der Waals surface area contributed by atoms with E-state index in [2.05, 4.69) is 4.98 Å². The fourth-order valence-corrected chi connectivity index (χ4v) is 1.13. The highest BCUT2D eigenvalue weighted by Gasteiger charge is 2.05. The Morgan fingerprint density at radius 3 is 2.29 bits per heavy atom. The van der Waals surface area contributed by atoms with E-state index in [9.17, 15) is 0 Å². The zero-order chi connectivity index (χ0) is 10.4. The first-order chi connectivity index (χ1) is 6.77. The summed E-state index contributed by atoms with van der Waals surface area (Å²) in [5.41, 5.74) is 1.14. The lowest BCUT2D eigenvalue weighted by atomic mass is 10.3. The van der Waals surface area contributed by atoms with Crippen LogP contribution in [0.3, 0.4) is 0 Å². The van der Waals surface area contributed by atoms with E-state index >= 15 is 0 Å². The average Bonchev–Trinajstić information content (AvgIpc) is 2.19. The van der Waals surface area contributed by atoms with Crippen LogP contribution in [0, 0.1) is 6.92 Å². The maximum atomic E-state index is 5.05. The highest BCUT2D eigenvalue weighted by Crippen LogP contribution is 2.10. The van der Waals surface area contributed by atoms with Gasteiger partial charge in [0.05, 0.1) is 0 Å². The normalized spacial score (nSPS) is 10.2. The number of ether oxygens (including phenoxy) is 2. The van der Waals surface area contributed by atoms with Gasteiger partial charge >= 0.3 is 0 Å². The van der Waals surface area contributed by atoms with E-state index in [1.807, 2.05) is 30.2 Å². The lowest BCUT2D eigenvalue weighted by Gasteiger charge is -2.21. The number of rotatable bonds is 5. The van der Waals surface area contributed by atoms with Crippen LogP contribution in [-0.4, -0.2) is 32.7 Å². The lowest BCUT2D eigenvalue weighted by molar-refractivity contribution is 0.139. The number of anilines is 1. The standard InChI is InChI=1S/C10H16N2O2/c1-9-4-5-10(11-6-9)12(7-13-2)8-14-3/h4-6H,7-8H2,1-3H3. The van der Waals surface area contributed by atoms with Crippen molar-refractivity contribution in [3.63, 3.8) is 0 Å². The minimum atomic E-state index is 0.476. The minimum absolute atomic E-state index is 0.476. The highest BCUT2D eigenvalue weighted by molar-refractivity contribution is 5.37. The van der Waals surface area contributed by atoms with Gasteiger partial charge in [0.15, 0.2) is 0 Å². The predicted octanol–water partition coefficient (Wildman–Crippen LogP) is 1.40. The molecule has 0 saturated heterocycles. The van der Waals surface area contributed by atoms with Gasteiger partial charge in [0.2, 0.25) is 0 Å². The minimum Gasteiger partial charge on any atom is -0.364 e. The van der Waals surface area contributed by atoms with Gasteiger partial charge in [-0.1, -0.05) is 6.07 Å². The molecule has 1 rings (SSSR count). The first-order valence-electron chi connectivity index (χ1n) is 4.43. The highest BCUT2D eigenvalue weighted by atomic mass is 16.5. The Labute approximate surface area is 84.5 Å². The van der Waals surface area contributed by atoms with Crippen LogP contribution in [0.25, 0.3) is 0 Å². The maximum absolute atomic E-state index is 5.05. The Bertz CT molecular complexity index is 255. The number of pyridine rings is 1. The van der Waals surface area contributed by atoms with Gasteiger partial charge < -0.3 is 14.4 Å². The third kappa shape index (κ3) is 2.97. The summed E-state index contributed by atoms with van der Waals surface area (Å²) in [6.07, 6.45) is 1.83. The molecule has 0 N–H and O–H groups in total. The molecule has 0 aliphatic heterocycles. The van der Waals surface area contributed by atoms with Gasteiger partial charge in [-0.05, 0) is 18.6 Å². The number of hydrogen-bond donors (Lipinski definition) is 0. The monoisotopic (exact) mass is 196 g/mol. The molecule has 0 aliphatic rings. The summed E-state index contributed by atoms with van der Waals surface area (Å²) in [6.45, 7) is 2.96. The molecule has 4 nitrogen and oxygen atoms in total. The first-order valence-corrected chi connectivity index (χ1v) is 4.43. The van der Waals surface area contributed by atoms with Crippen molar-refractivity contribution in [1.29, 1.82) is 0 Å². The van der Waals surface area contributed by atoms with Crippen LogP contribution in [-0.2, 0) is 9.47 Å². The fraction of sp³-hybridized carbons (Fsp3) is 0.500. The Kier molecular flexibility index (Phi) is 4.35. The maximum Gasteiger partial charge on any atom is 0.132 e. The molecule has 0 fully saturated rings. The summed E-state index contributed by atoms with van der Waals surface area (Å²) < 4.78 is 10.1. The molecule has 0 radical (unpaired) electrons. The summed E-state index contributed by atoms with van der Waals surface area (Å²) in [6, 6.07) is 3.97. The van der Waals surface area contributed by atoms with Crippen LogP contribution in [0.1, 0.15) is 5.56 Å². The second kappa shape index (κ2) is 5.57. The van der Waals surface area contributed by atoms with Crippen LogP contribution in [0.15, 0.2) is 18.3 Å². The zero-order valence-electron chi connectivity index (χ0n) is 8.86. The van der Waals surface area contributed by atoms with E-state index in [0.29, 0.717) is 13.5 Å². The van der Waals surface area contributed by atoms with Gasteiger partial charge in [-0.25, -0.2) is 4.98 Å². The van der Waals surface area contributed by atoms with Gasteiger partial charge in [-0.2, -0.15) is 0 Å². The number of aromatic nitrogens is 1. The summed E-state index contributed by atoms with van der Waals surface area (Å²) in [5, 5.41) is 0. The molecular formula is C10H16N2O2. The van der Waals surface area contributed by atoms with Crippen molar-refractivity contribution in [3.05, 3.63) is 23.9 Å². The molecule has 14 heavy (non-hydrogen) atoms. The molecule has 78 valence electrons. The van der Waals surface area contributed by atoms with E-state index in [0.717, 1.165) is 11.4 Å². The van der Waals surface area contributed by atoms with Crippen LogP contribution in [0.2, 0.25) is 0 Å². The van der Waals surface area contributed by atoms with Crippen LogP contribution >= 0.6 is 0 Å². The van der Waals surface area contributed by atoms with Crippen molar-refractivity contribution < 1.29 is 9.47 Å². The molecule has 0 amide bonds. The van der Waals surface area contributed by atoms with Crippen molar-refractivity contribution in [1.82, 2.24) is 4.98 Å². The number of hydrogen-bond acceptors (Lipinski definition) is 4. The van der Waals surface area contributed by atoms with Gasteiger partial charge in [0.1, 0.15) is 19.3 Å². The molecule has 4 heteroatoms. The van der Waals surface area contributed by atoms with Crippen molar-refractivity contribution in [3.8, 4) is 0 Å². The van der Waals surface area contributed by atoms with E-state index in [1.54, 1.807) is 14.2 Å². The third-order valence-electron chi connectivity index (χ3n) is 1.79. The smallest absolute Gasteiger partial charge is 0.132 e. The zero-order valence-corrected chi connectivity index (χ0v) is 8.86. The SMILES string of the molecule is COCN(COC)c1ccc(C)cn1.